The van der Waals surface area contributed by atoms with Crippen molar-refractivity contribution in [3.8, 4) is 11.1 Å². The molecular formula is C22H30O. The lowest BCUT2D eigenvalue weighted by Gasteiger charge is -2.17. The first-order chi connectivity index (χ1) is 11.0. The van der Waals surface area contributed by atoms with E-state index in [0.29, 0.717) is 5.92 Å². The lowest BCUT2D eigenvalue weighted by molar-refractivity contribution is 0.125. The minimum absolute atomic E-state index is 0.279. The molecule has 1 atom stereocenters. The highest BCUT2D eigenvalue weighted by Crippen LogP contribution is 2.25. The zero-order valence-electron chi connectivity index (χ0n) is 14.9. The Morgan fingerprint density at radius 3 is 2.09 bits per heavy atom. The quantitative estimate of drug-likeness (QED) is 0.715. The van der Waals surface area contributed by atoms with E-state index in [1.54, 1.807) is 0 Å². The van der Waals surface area contributed by atoms with E-state index in [4.69, 9.17) is 0 Å². The molecule has 2 aromatic rings. The van der Waals surface area contributed by atoms with Crippen LogP contribution >= 0.6 is 0 Å². The lowest BCUT2D eigenvalue weighted by Crippen LogP contribution is -2.17. The Balaban J connectivity index is 2.31. The predicted octanol–water partition coefficient (Wildman–Crippen LogP) is 5.50. The van der Waals surface area contributed by atoms with Gasteiger partial charge in [-0.05, 0) is 53.4 Å². The van der Waals surface area contributed by atoms with Crippen molar-refractivity contribution >= 4 is 0 Å². The Bertz CT molecular complexity index is 599. The minimum Gasteiger partial charge on any atom is -0.393 e. The van der Waals surface area contributed by atoms with Crippen LogP contribution in [0.25, 0.3) is 11.1 Å². The van der Waals surface area contributed by atoms with Gasteiger partial charge in [0.2, 0.25) is 0 Å². The second-order valence-corrected chi connectivity index (χ2v) is 7.35. The molecule has 0 aliphatic carbocycles. The van der Waals surface area contributed by atoms with Gasteiger partial charge in [-0.1, -0.05) is 76.2 Å². The average molecular weight is 310 g/mol. The number of aliphatic hydroxyl groups is 1. The van der Waals surface area contributed by atoms with Gasteiger partial charge in [-0.15, -0.1) is 0 Å². The molecule has 0 aliphatic rings. The lowest BCUT2D eigenvalue weighted by atomic mass is 9.92. The molecule has 1 N–H and O–H groups in total. The third kappa shape index (κ3) is 5.51. The largest absolute Gasteiger partial charge is 0.393 e. The summed E-state index contributed by atoms with van der Waals surface area (Å²) in [5, 5.41) is 10.3. The van der Waals surface area contributed by atoms with Crippen LogP contribution in [0, 0.1) is 11.8 Å². The summed E-state index contributed by atoms with van der Waals surface area (Å²) in [7, 11) is 0. The molecule has 0 saturated carbocycles. The number of hydrogen-bond acceptors (Lipinski definition) is 1. The molecule has 0 amide bonds. The first-order valence-electron chi connectivity index (χ1n) is 8.82. The topological polar surface area (TPSA) is 20.2 Å². The van der Waals surface area contributed by atoms with Crippen LogP contribution in [0.1, 0.15) is 45.2 Å². The van der Waals surface area contributed by atoms with E-state index in [-0.39, 0.29) is 12.0 Å². The summed E-state index contributed by atoms with van der Waals surface area (Å²) < 4.78 is 0. The maximum Gasteiger partial charge on any atom is 0.0603 e. The molecule has 2 aromatic carbocycles. The molecule has 23 heavy (non-hydrogen) atoms. The number of aryl methyl sites for hydroxylation is 1. The molecule has 1 heteroatoms. The first-order valence-corrected chi connectivity index (χ1v) is 8.82. The van der Waals surface area contributed by atoms with Crippen molar-refractivity contribution in [1.29, 1.82) is 0 Å². The Hall–Kier alpha value is -1.60. The van der Waals surface area contributed by atoms with Crippen LogP contribution in [0.3, 0.4) is 0 Å². The Morgan fingerprint density at radius 2 is 1.48 bits per heavy atom. The van der Waals surface area contributed by atoms with Gasteiger partial charge in [0.1, 0.15) is 0 Å². The molecule has 0 fully saturated rings. The standard InChI is InChI=1S/C22H30O/c1-16(2)10-11-18-12-19(15-22(23)17(3)4)14-21(13-18)20-8-6-5-7-9-20/h5-9,12-14,16-17,22-23H,10-11,15H2,1-4H3. The SMILES string of the molecule is CC(C)CCc1cc(CC(O)C(C)C)cc(-c2ccccc2)c1. The van der Waals surface area contributed by atoms with Crippen LogP contribution in [0.2, 0.25) is 0 Å². The first kappa shape index (κ1) is 17.7. The highest BCUT2D eigenvalue weighted by atomic mass is 16.3. The molecular weight excluding hydrogens is 280 g/mol. The molecule has 0 aromatic heterocycles. The average Bonchev–Trinajstić information content (AvgIpc) is 2.53. The summed E-state index contributed by atoms with van der Waals surface area (Å²) in [6, 6.07) is 17.4. The van der Waals surface area contributed by atoms with Gasteiger partial charge < -0.3 is 5.11 Å². The van der Waals surface area contributed by atoms with Gasteiger partial charge in [-0.3, -0.25) is 0 Å². The molecule has 1 nitrogen and oxygen atoms in total. The number of hydrogen-bond donors (Lipinski definition) is 1. The van der Waals surface area contributed by atoms with E-state index in [9.17, 15) is 5.11 Å². The number of rotatable bonds is 7. The van der Waals surface area contributed by atoms with Crippen molar-refractivity contribution in [3.05, 3.63) is 59.7 Å². The fourth-order valence-corrected chi connectivity index (χ4v) is 2.75. The van der Waals surface area contributed by atoms with E-state index in [0.717, 1.165) is 12.8 Å². The highest BCUT2D eigenvalue weighted by molar-refractivity contribution is 5.65. The van der Waals surface area contributed by atoms with Crippen LogP contribution in [-0.2, 0) is 12.8 Å². The fraction of sp³-hybridized carbons (Fsp3) is 0.455. The Kier molecular flexibility index (Phi) is 6.41. The van der Waals surface area contributed by atoms with Gasteiger partial charge >= 0.3 is 0 Å². The molecule has 0 aliphatic heterocycles. The normalized spacial score (nSPS) is 12.8. The molecule has 0 heterocycles. The zero-order chi connectivity index (χ0) is 16.8. The second-order valence-electron chi connectivity index (χ2n) is 7.35. The third-order valence-corrected chi connectivity index (χ3v) is 4.38. The summed E-state index contributed by atoms with van der Waals surface area (Å²) in [6.07, 6.45) is 2.75. The highest BCUT2D eigenvalue weighted by Gasteiger charge is 2.12. The Labute approximate surface area is 141 Å². The molecule has 1 unspecified atom stereocenters. The van der Waals surface area contributed by atoms with E-state index in [1.165, 1.54) is 28.7 Å². The molecule has 0 radical (unpaired) electrons. The number of benzene rings is 2. The molecule has 2 rings (SSSR count). The van der Waals surface area contributed by atoms with Crippen molar-refractivity contribution in [2.24, 2.45) is 11.8 Å². The predicted molar refractivity (Wildman–Crippen MR) is 99.6 cm³/mol. The van der Waals surface area contributed by atoms with Crippen LogP contribution in [0.5, 0.6) is 0 Å². The van der Waals surface area contributed by atoms with Crippen LogP contribution < -0.4 is 0 Å². The monoisotopic (exact) mass is 310 g/mol. The van der Waals surface area contributed by atoms with Crippen LogP contribution in [0.15, 0.2) is 48.5 Å². The summed E-state index contributed by atoms with van der Waals surface area (Å²) >= 11 is 0. The van der Waals surface area contributed by atoms with Crippen molar-refractivity contribution in [1.82, 2.24) is 0 Å². The second kappa shape index (κ2) is 8.31. The van der Waals surface area contributed by atoms with Gasteiger partial charge in [-0.2, -0.15) is 0 Å². The summed E-state index contributed by atoms with van der Waals surface area (Å²) in [4.78, 5) is 0. The minimum atomic E-state index is -0.279. The third-order valence-electron chi connectivity index (χ3n) is 4.38. The maximum atomic E-state index is 10.3. The van der Waals surface area contributed by atoms with Crippen LogP contribution in [0.4, 0.5) is 0 Å². The molecule has 124 valence electrons. The summed E-state index contributed by atoms with van der Waals surface area (Å²) in [6.45, 7) is 8.69. The molecule has 0 bridgehead atoms. The molecule has 0 spiro atoms. The van der Waals surface area contributed by atoms with Crippen LogP contribution in [-0.4, -0.2) is 11.2 Å². The number of aliphatic hydroxyl groups excluding tert-OH is 1. The summed E-state index contributed by atoms with van der Waals surface area (Å²) in [5.74, 6) is 0.995. The summed E-state index contributed by atoms with van der Waals surface area (Å²) in [5.41, 5.74) is 5.13. The van der Waals surface area contributed by atoms with Crippen molar-refractivity contribution in [3.63, 3.8) is 0 Å². The Morgan fingerprint density at radius 1 is 0.826 bits per heavy atom. The molecule has 0 saturated heterocycles. The van der Waals surface area contributed by atoms with Crippen molar-refractivity contribution < 1.29 is 5.11 Å². The van der Waals surface area contributed by atoms with Gasteiger partial charge in [-0.25, -0.2) is 0 Å². The maximum absolute atomic E-state index is 10.3. The van der Waals surface area contributed by atoms with Gasteiger partial charge in [0.25, 0.3) is 0 Å². The van der Waals surface area contributed by atoms with E-state index in [1.807, 2.05) is 0 Å². The van der Waals surface area contributed by atoms with E-state index >= 15 is 0 Å². The van der Waals surface area contributed by atoms with Gasteiger partial charge in [0.05, 0.1) is 6.10 Å². The van der Waals surface area contributed by atoms with Crippen molar-refractivity contribution in [2.75, 3.05) is 0 Å². The van der Waals surface area contributed by atoms with E-state index < -0.39 is 0 Å². The van der Waals surface area contributed by atoms with Gasteiger partial charge in [0, 0.05) is 0 Å². The van der Waals surface area contributed by atoms with Crippen molar-refractivity contribution in [2.45, 2.75) is 53.1 Å². The fourth-order valence-electron chi connectivity index (χ4n) is 2.75. The smallest absolute Gasteiger partial charge is 0.0603 e. The zero-order valence-corrected chi connectivity index (χ0v) is 14.9. The van der Waals surface area contributed by atoms with Gasteiger partial charge in [0.15, 0.2) is 0 Å². The van der Waals surface area contributed by atoms with E-state index in [2.05, 4.69) is 76.2 Å².